The number of hydrogen-bond acceptors (Lipinski definition) is 3. The molecule has 5 nitrogen and oxygen atoms in total. The van der Waals surface area contributed by atoms with Gasteiger partial charge in [0.05, 0.1) is 12.6 Å². The van der Waals surface area contributed by atoms with Crippen LogP contribution in [-0.2, 0) is 4.74 Å². The Hall–Kier alpha value is -1.59. The van der Waals surface area contributed by atoms with Crippen LogP contribution in [0, 0.1) is 0 Å². The number of benzene rings is 1. The van der Waals surface area contributed by atoms with Gasteiger partial charge in [-0.15, -0.1) is 0 Å². The van der Waals surface area contributed by atoms with E-state index in [1.165, 1.54) is 5.56 Å². The van der Waals surface area contributed by atoms with Gasteiger partial charge in [-0.25, -0.2) is 4.79 Å². The van der Waals surface area contributed by atoms with Crippen LogP contribution in [0.5, 0.6) is 0 Å². The smallest absolute Gasteiger partial charge is 0.319 e. The molecule has 2 amide bonds. The predicted molar refractivity (Wildman–Crippen MR) is 86.6 cm³/mol. The molecule has 1 rings (SSSR count). The van der Waals surface area contributed by atoms with Crippen LogP contribution in [0.3, 0.4) is 0 Å². The number of anilines is 1. The highest BCUT2D eigenvalue weighted by Gasteiger charge is 2.11. The molecule has 3 N–H and O–H groups in total. The zero-order valence-electron chi connectivity index (χ0n) is 13.4. The van der Waals surface area contributed by atoms with Gasteiger partial charge in [-0.1, -0.05) is 25.5 Å². The topological polar surface area (TPSA) is 62.4 Å². The van der Waals surface area contributed by atoms with Crippen molar-refractivity contribution in [2.24, 2.45) is 0 Å². The van der Waals surface area contributed by atoms with Crippen molar-refractivity contribution in [2.75, 3.05) is 26.1 Å². The first-order chi connectivity index (χ1) is 10.1. The first kappa shape index (κ1) is 17.5. The van der Waals surface area contributed by atoms with Crippen molar-refractivity contribution in [3.63, 3.8) is 0 Å². The summed E-state index contributed by atoms with van der Waals surface area (Å²) in [6, 6.07) is 7.99. The number of methoxy groups -OCH3 is 1. The van der Waals surface area contributed by atoms with Crippen LogP contribution < -0.4 is 16.0 Å². The zero-order valence-corrected chi connectivity index (χ0v) is 13.4. The number of carbonyl (C=O) groups excluding carboxylic acids is 1. The summed E-state index contributed by atoms with van der Waals surface area (Å²) in [5.74, 6) is 0. The Morgan fingerprint density at radius 3 is 2.48 bits per heavy atom. The number of urea groups is 1. The van der Waals surface area contributed by atoms with E-state index in [2.05, 4.69) is 29.8 Å². The van der Waals surface area contributed by atoms with E-state index < -0.39 is 0 Å². The van der Waals surface area contributed by atoms with Crippen molar-refractivity contribution in [3.05, 3.63) is 29.8 Å². The normalized spacial score (nSPS) is 13.5. The maximum Gasteiger partial charge on any atom is 0.319 e. The van der Waals surface area contributed by atoms with Crippen molar-refractivity contribution in [2.45, 2.75) is 38.8 Å². The minimum atomic E-state index is -0.195. The number of nitrogens with one attached hydrogen (secondary N) is 3. The van der Waals surface area contributed by atoms with Gasteiger partial charge >= 0.3 is 6.03 Å². The van der Waals surface area contributed by atoms with Gasteiger partial charge in [0.1, 0.15) is 0 Å². The average molecular weight is 293 g/mol. The number of rotatable bonds is 8. The van der Waals surface area contributed by atoms with Gasteiger partial charge in [-0.2, -0.15) is 0 Å². The maximum atomic E-state index is 12.0. The van der Waals surface area contributed by atoms with E-state index in [1.807, 2.05) is 31.3 Å². The van der Waals surface area contributed by atoms with Crippen LogP contribution in [0.15, 0.2) is 24.3 Å². The lowest BCUT2D eigenvalue weighted by molar-refractivity contribution is 0.163. The summed E-state index contributed by atoms with van der Waals surface area (Å²) in [5, 5.41) is 8.96. The Kier molecular flexibility index (Phi) is 7.79. The number of hydrogen-bond donors (Lipinski definition) is 3. The molecule has 118 valence electrons. The molecule has 0 spiro atoms. The molecule has 0 aliphatic rings. The zero-order chi connectivity index (χ0) is 15.7. The summed E-state index contributed by atoms with van der Waals surface area (Å²) in [7, 11) is 3.57. The summed E-state index contributed by atoms with van der Waals surface area (Å²) in [5.41, 5.74) is 1.97. The second-order valence-corrected chi connectivity index (χ2v) is 5.17. The van der Waals surface area contributed by atoms with Crippen LogP contribution in [0.2, 0.25) is 0 Å². The van der Waals surface area contributed by atoms with Gasteiger partial charge in [0.15, 0.2) is 0 Å². The molecule has 0 saturated carbocycles. The van der Waals surface area contributed by atoms with Crippen molar-refractivity contribution >= 4 is 11.7 Å². The summed E-state index contributed by atoms with van der Waals surface area (Å²) in [4.78, 5) is 12.0. The van der Waals surface area contributed by atoms with Crippen molar-refractivity contribution in [3.8, 4) is 0 Å². The molecule has 0 radical (unpaired) electrons. The van der Waals surface area contributed by atoms with E-state index in [4.69, 9.17) is 4.74 Å². The summed E-state index contributed by atoms with van der Waals surface area (Å²) in [6.45, 7) is 4.71. The average Bonchev–Trinajstić information content (AvgIpc) is 2.47. The molecule has 21 heavy (non-hydrogen) atoms. The Morgan fingerprint density at radius 2 is 1.95 bits per heavy atom. The van der Waals surface area contributed by atoms with E-state index in [0.717, 1.165) is 18.5 Å². The summed E-state index contributed by atoms with van der Waals surface area (Å²) < 4.78 is 5.11. The molecule has 0 aliphatic carbocycles. The van der Waals surface area contributed by atoms with E-state index in [9.17, 15) is 4.79 Å². The fraction of sp³-hybridized carbons (Fsp3) is 0.562. The molecule has 0 saturated heterocycles. The monoisotopic (exact) mass is 293 g/mol. The Bertz CT molecular complexity index is 414. The van der Waals surface area contributed by atoms with Gasteiger partial charge in [-0.05, 0) is 38.1 Å². The molecule has 0 heterocycles. The molecule has 1 aromatic rings. The second-order valence-electron chi connectivity index (χ2n) is 5.17. The lowest BCUT2D eigenvalue weighted by Gasteiger charge is -2.18. The van der Waals surface area contributed by atoms with Gasteiger partial charge in [0.2, 0.25) is 0 Å². The molecular formula is C16H27N3O2. The largest absolute Gasteiger partial charge is 0.383 e. The maximum absolute atomic E-state index is 12.0. The fourth-order valence-electron chi connectivity index (χ4n) is 2.12. The van der Waals surface area contributed by atoms with Crippen molar-refractivity contribution in [1.29, 1.82) is 0 Å². The minimum Gasteiger partial charge on any atom is -0.383 e. The Balaban J connectivity index is 2.53. The van der Waals surface area contributed by atoms with Crippen LogP contribution >= 0.6 is 0 Å². The third-order valence-corrected chi connectivity index (χ3v) is 3.44. The number of carbonyl (C=O) groups is 1. The first-order valence-corrected chi connectivity index (χ1v) is 7.44. The van der Waals surface area contributed by atoms with Gasteiger partial charge in [0, 0.05) is 18.8 Å². The highest BCUT2D eigenvalue weighted by atomic mass is 16.5. The van der Waals surface area contributed by atoms with Gasteiger partial charge in [-0.3, -0.25) is 0 Å². The molecule has 2 unspecified atom stereocenters. The van der Waals surface area contributed by atoms with Crippen LogP contribution in [0.4, 0.5) is 10.5 Å². The van der Waals surface area contributed by atoms with E-state index >= 15 is 0 Å². The molecular weight excluding hydrogens is 266 g/mol. The number of ether oxygens (including phenoxy) is 1. The number of amides is 2. The van der Waals surface area contributed by atoms with Crippen molar-refractivity contribution in [1.82, 2.24) is 10.6 Å². The molecule has 0 aromatic heterocycles. The molecule has 1 aromatic carbocycles. The SMILES string of the molecule is CCCC(COC)NC(=O)Nc1ccc(C(C)NC)cc1. The third-order valence-electron chi connectivity index (χ3n) is 3.44. The lowest BCUT2D eigenvalue weighted by Crippen LogP contribution is -2.40. The fourth-order valence-corrected chi connectivity index (χ4v) is 2.12. The molecule has 0 fully saturated rings. The Labute approximate surface area is 127 Å². The molecule has 2 atom stereocenters. The predicted octanol–water partition coefficient (Wildman–Crippen LogP) is 2.90. The van der Waals surface area contributed by atoms with E-state index in [1.54, 1.807) is 7.11 Å². The second kappa shape index (κ2) is 9.37. The lowest BCUT2D eigenvalue weighted by atomic mass is 10.1. The minimum absolute atomic E-state index is 0.0450. The standard InChI is InChI=1S/C16H27N3O2/c1-5-6-15(11-21-4)19-16(20)18-14-9-7-13(8-10-14)12(2)17-3/h7-10,12,15,17H,5-6,11H2,1-4H3,(H2,18,19,20). The van der Waals surface area contributed by atoms with E-state index in [-0.39, 0.29) is 12.1 Å². The Morgan fingerprint density at radius 1 is 1.29 bits per heavy atom. The quantitative estimate of drug-likeness (QED) is 0.690. The van der Waals surface area contributed by atoms with E-state index in [0.29, 0.717) is 12.6 Å². The third kappa shape index (κ3) is 6.14. The highest BCUT2D eigenvalue weighted by molar-refractivity contribution is 5.89. The van der Waals surface area contributed by atoms with Gasteiger partial charge in [0.25, 0.3) is 0 Å². The van der Waals surface area contributed by atoms with Crippen LogP contribution in [0.25, 0.3) is 0 Å². The van der Waals surface area contributed by atoms with Crippen LogP contribution in [0.1, 0.15) is 38.3 Å². The molecule has 0 aliphatic heterocycles. The molecule has 0 bridgehead atoms. The van der Waals surface area contributed by atoms with Crippen molar-refractivity contribution < 1.29 is 9.53 Å². The summed E-state index contributed by atoms with van der Waals surface area (Å²) >= 11 is 0. The summed E-state index contributed by atoms with van der Waals surface area (Å²) in [6.07, 6.45) is 1.91. The highest BCUT2D eigenvalue weighted by Crippen LogP contribution is 2.15. The molecule has 5 heteroatoms. The first-order valence-electron chi connectivity index (χ1n) is 7.44. The van der Waals surface area contributed by atoms with Gasteiger partial charge < -0.3 is 20.7 Å². The van der Waals surface area contributed by atoms with Crippen LogP contribution in [-0.4, -0.2) is 32.8 Å².